The van der Waals surface area contributed by atoms with Gasteiger partial charge in [-0.2, -0.15) is 58.3 Å². The monoisotopic (exact) mass is 1060 g/mol. The summed E-state index contributed by atoms with van der Waals surface area (Å²) in [6, 6.07) is 0. The molecule has 0 fully saturated rings. The van der Waals surface area contributed by atoms with E-state index >= 15 is 0 Å². The van der Waals surface area contributed by atoms with Gasteiger partial charge in [0.25, 0.3) is 0 Å². The van der Waals surface area contributed by atoms with Crippen molar-refractivity contribution < 1.29 is 171 Å². The third-order valence-electron chi connectivity index (χ3n) is 0. The van der Waals surface area contributed by atoms with Gasteiger partial charge in [0, 0.05) is 0 Å². The van der Waals surface area contributed by atoms with Gasteiger partial charge in [-0.3, -0.25) is 0 Å². The van der Waals surface area contributed by atoms with E-state index in [9.17, 15) is 0 Å². The summed E-state index contributed by atoms with van der Waals surface area (Å²) in [7, 11) is -26.9. The molecule has 0 saturated carbocycles. The van der Waals surface area contributed by atoms with E-state index in [1.165, 1.54) is 0 Å². The van der Waals surface area contributed by atoms with Gasteiger partial charge in [-0.25, -0.2) is 0 Å². The van der Waals surface area contributed by atoms with E-state index in [-0.39, 0.29) is 55.7 Å². The van der Waals surface area contributed by atoms with Crippen LogP contribution in [0.3, 0.4) is 0 Å². The molecule has 0 radical (unpaired) electrons. The summed E-state index contributed by atoms with van der Waals surface area (Å²) in [4.78, 5) is 128. The summed E-state index contributed by atoms with van der Waals surface area (Å²) in [5.74, 6) is 0. The Labute approximate surface area is 325 Å². The molecule has 43 heavy (non-hydrogen) atoms. The summed E-state index contributed by atoms with van der Waals surface area (Å²) in [5.41, 5.74) is 0. The number of halogens is 10. The second-order valence-electron chi connectivity index (χ2n) is 2.53. The Morgan fingerprint density at radius 3 is 0.256 bits per heavy atom. The molecule has 0 aliphatic carbocycles. The maximum Gasteiger partial charge on any atom is 5.00 e. The molecule has 0 atom stereocenters. The van der Waals surface area contributed by atoms with Crippen molar-refractivity contribution in [2.75, 3.05) is 0 Å². The molecule has 0 amide bonds. The molecule has 43 heteroatoms. The Morgan fingerprint density at radius 2 is 0.256 bits per heavy atom. The van der Waals surface area contributed by atoms with Crippen LogP contribution in [0.25, 0.3) is 0 Å². The standard InChI is InChI=1S/5Cl2O.5H3O4P.3V/c5*1-3-2;5*1-5(2,3)4;;;/h;;;;;5*(H3,1,2,3,4);;;/q;;;;;;;;;;3*+5/p-15. The van der Waals surface area contributed by atoms with Gasteiger partial charge in [-0.1, -0.05) is 0 Å². The van der Waals surface area contributed by atoms with Gasteiger partial charge in [0.05, 0.1) is 119 Å². The molecule has 0 aliphatic heterocycles. The van der Waals surface area contributed by atoms with E-state index in [1.54, 1.807) is 0 Å². The first-order valence-corrected chi connectivity index (χ1v) is 15.6. The molecule has 0 rings (SSSR count). The summed E-state index contributed by atoms with van der Waals surface area (Å²) in [5, 5.41) is 0. The van der Waals surface area contributed by atoms with Gasteiger partial charge in [0.15, 0.2) is 0 Å². The number of phosphoric acid groups is 5. The van der Waals surface area contributed by atoms with Crippen LogP contribution in [-0.4, -0.2) is 0 Å². The van der Waals surface area contributed by atoms with E-state index in [2.05, 4.69) is 138 Å². The van der Waals surface area contributed by atoms with Gasteiger partial charge in [0.1, 0.15) is 0 Å². The second-order valence-corrected chi connectivity index (χ2v) is 9.33. The van der Waals surface area contributed by atoms with E-state index in [0.29, 0.717) is 0 Å². The van der Waals surface area contributed by atoms with Crippen LogP contribution in [0.4, 0.5) is 0 Å². The Hall–Kier alpha value is 5.00. The van der Waals surface area contributed by atoms with Gasteiger partial charge in [-0.15, -0.1) is 0 Å². The third kappa shape index (κ3) is 3800. The van der Waals surface area contributed by atoms with Crippen molar-refractivity contribution >= 4 is 158 Å². The van der Waals surface area contributed by atoms with Crippen LogP contribution in [0, 0.1) is 0 Å². The van der Waals surface area contributed by atoms with Crippen LogP contribution >= 0.6 is 158 Å². The predicted octanol–water partition coefficient (Wildman–Crippen LogP) is -7.58. The molecule has 0 heterocycles. The molecule has 0 N–H and O–H groups in total. The molecule has 0 saturated heterocycles. The first kappa shape index (κ1) is 86.6. The molecule has 0 aromatic rings. The van der Waals surface area contributed by atoms with Crippen molar-refractivity contribution in [1.29, 1.82) is 0 Å². The van der Waals surface area contributed by atoms with Gasteiger partial charge in [0.2, 0.25) is 0 Å². The van der Waals surface area contributed by atoms with E-state index in [4.69, 9.17) is 96.2 Å². The fourth-order valence-electron chi connectivity index (χ4n) is 0. The number of rotatable bonds is 0. The average Bonchev–Trinajstić information content (AvgIpc) is 2.49. The SMILES string of the molecule is ClOCl.ClOCl.ClOCl.ClOCl.ClOCl.O=P([O-])([O-])[O-].O=P([O-])([O-])[O-].O=P([O-])([O-])[O-].O=P([O-])([O-])[O-].O=P([O-])([O-])[O-].[V+5].[V+5].[V+5]. The van der Waals surface area contributed by atoms with Crippen molar-refractivity contribution in [1.82, 2.24) is 0 Å². The van der Waals surface area contributed by atoms with E-state index in [0.717, 1.165) is 0 Å². The third-order valence-corrected chi connectivity index (χ3v) is 0. The topological polar surface area (TPSA) is 477 Å². The Bertz CT molecular complexity index is 475. The van der Waals surface area contributed by atoms with Crippen LogP contribution in [0.2, 0.25) is 0 Å². The van der Waals surface area contributed by atoms with E-state index < -0.39 is 39.1 Å². The van der Waals surface area contributed by atoms with Crippen molar-refractivity contribution in [2.24, 2.45) is 0 Å². The first-order valence-electron chi connectivity index (χ1n) is 5.19. The fourth-order valence-corrected chi connectivity index (χ4v) is 0. The molecule has 0 unspecified atom stereocenters. The van der Waals surface area contributed by atoms with Crippen LogP contribution in [0.1, 0.15) is 0 Å². The van der Waals surface area contributed by atoms with Crippen LogP contribution < -0.4 is 73.4 Å². The molecule has 0 aliphatic rings. The molecular weight excluding hydrogens is 1060 g/mol. The summed E-state index contributed by atoms with van der Waals surface area (Å²) >= 11 is 42.6. The Balaban J connectivity index is -0.0000000212. The molecule has 0 aromatic heterocycles. The Kier molecular flexibility index (Phi) is 125. The second kappa shape index (κ2) is 62.2. The van der Waals surface area contributed by atoms with Gasteiger partial charge < -0.3 is 96.2 Å². The zero-order valence-electron chi connectivity index (χ0n) is 17.6. The van der Waals surface area contributed by atoms with Crippen molar-refractivity contribution in [2.45, 2.75) is 0 Å². The van der Waals surface area contributed by atoms with Crippen LogP contribution in [-0.2, 0) is 97.7 Å². The van der Waals surface area contributed by atoms with Crippen LogP contribution in [0.15, 0.2) is 0 Å². The zero-order valence-corrected chi connectivity index (χ0v) is 33.8. The number of hydrogen-bond acceptors (Lipinski definition) is 25. The maximum atomic E-state index is 8.55. The minimum absolute atomic E-state index is 0. The van der Waals surface area contributed by atoms with Gasteiger partial charge in [-0.05, 0) is 0 Å². The molecule has 0 aromatic carbocycles. The number of hydrogen-bond donors (Lipinski definition) is 0. The normalized spacial score (nSPS) is 8.95. The summed E-state index contributed by atoms with van der Waals surface area (Å²) < 4.78 is 58.7. The quantitative estimate of drug-likeness (QED) is 0.203. The Morgan fingerprint density at radius 1 is 0.256 bits per heavy atom. The average molecular weight is 1060 g/mol. The smallest absolute Gasteiger partial charge is 0.822 e. The van der Waals surface area contributed by atoms with Crippen molar-refractivity contribution in [3.8, 4) is 0 Å². The molecule has 0 bridgehead atoms. The molecule has 25 nitrogen and oxygen atoms in total. The predicted molar refractivity (Wildman–Crippen MR) is 102 cm³/mol. The van der Waals surface area contributed by atoms with Gasteiger partial charge >= 0.3 is 55.7 Å². The first-order chi connectivity index (χ1) is 17.1. The van der Waals surface area contributed by atoms with E-state index in [1.807, 2.05) is 0 Å². The minimum Gasteiger partial charge on any atom is -0.822 e. The van der Waals surface area contributed by atoms with Crippen molar-refractivity contribution in [3.05, 3.63) is 0 Å². The molecule has 260 valence electrons. The summed E-state index contributed by atoms with van der Waals surface area (Å²) in [6.45, 7) is 0. The minimum atomic E-state index is -5.39. The van der Waals surface area contributed by atoms with Crippen molar-refractivity contribution in [3.63, 3.8) is 0 Å². The maximum absolute atomic E-state index is 8.55. The fraction of sp³-hybridized carbons (Fsp3) is 0. The zero-order chi connectivity index (χ0) is 36.0. The molecule has 0 spiro atoms. The largest absolute Gasteiger partial charge is 5.00 e. The summed E-state index contributed by atoms with van der Waals surface area (Å²) in [6.07, 6.45) is 0. The molecular formula is Cl10O25P5V3. The van der Waals surface area contributed by atoms with Crippen LogP contribution in [0.5, 0.6) is 0 Å².